The lowest BCUT2D eigenvalue weighted by atomic mass is 9.82. The number of aliphatic hydroxyl groups is 1. The van der Waals surface area contributed by atoms with Crippen LogP contribution in [0, 0.1) is 5.41 Å². The first-order chi connectivity index (χ1) is 9.74. The first kappa shape index (κ1) is 14.1. The van der Waals surface area contributed by atoms with E-state index in [-0.39, 0.29) is 5.60 Å². The molecule has 2 aliphatic carbocycles. The maximum atomic E-state index is 10.4. The zero-order valence-corrected chi connectivity index (χ0v) is 12.3. The Bertz CT molecular complexity index is 426. The molecule has 1 aromatic carbocycles. The second-order valence-electron chi connectivity index (χ2n) is 6.69. The first-order valence-electron chi connectivity index (χ1n) is 8.08. The fourth-order valence-electron chi connectivity index (χ4n) is 3.95. The van der Waals surface area contributed by atoms with E-state index in [0.717, 1.165) is 32.5 Å². The van der Waals surface area contributed by atoms with Crippen molar-refractivity contribution in [1.29, 1.82) is 0 Å². The number of hydrogen-bond donors (Lipinski definition) is 1. The molecule has 1 N–H and O–H groups in total. The largest absolute Gasteiger partial charge is 0.389 e. The third kappa shape index (κ3) is 2.91. The van der Waals surface area contributed by atoms with Crippen LogP contribution in [0.4, 0.5) is 0 Å². The molecule has 0 heterocycles. The zero-order chi connectivity index (χ0) is 13.9. The summed E-state index contributed by atoms with van der Waals surface area (Å²) in [6.07, 6.45) is 9.38. The summed E-state index contributed by atoms with van der Waals surface area (Å²) in [5, 5.41) is 10.4. The summed E-state index contributed by atoms with van der Waals surface area (Å²) in [6.45, 7) is 1.55. The quantitative estimate of drug-likeness (QED) is 0.759. The highest BCUT2D eigenvalue weighted by molar-refractivity contribution is 5.17. The summed E-state index contributed by atoms with van der Waals surface area (Å²) in [5.41, 5.74) is 1.26. The molecule has 0 unspecified atom stereocenters. The van der Waals surface area contributed by atoms with Crippen LogP contribution in [0.25, 0.3) is 0 Å². The van der Waals surface area contributed by atoms with Gasteiger partial charge in [0, 0.05) is 12.0 Å². The average Bonchev–Trinajstić information content (AvgIpc) is 3.10. The lowest BCUT2D eigenvalue weighted by molar-refractivity contribution is 0.0553. The van der Waals surface area contributed by atoms with E-state index in [4.69, 9.17) is 4.74 Å². The topological polar surface area (TPSA) is 29.5 Å². The van der Waals surface area contributed by atoms with Crippen molar-refractivity contribution in [2.75, 3.05) is 6.61 Å². The Hall–Kier alpha value is -0.860. The molecule has 2 fully saturated rings. The Morgan fingerprint density at radius 1 is 1.05 bits per heavy atom. The van der Waals surface area contributed by atoms with E-state index in [1.54, 1.807) is 0 Å². The summed E-state index contributed by atoms with van der Waals surface area (Å²) >= 11 is 0. The molecule has 0 saturated heterocycles. The Labute approximate surface area is 122 Å². The molecular weight excluding hydrogens is 248 g/mol. The molecule has 0 aliphatic heterocycles. The van der Waals surface area contributed by atoms with Gasteiger partial charge in [-0.2, -0.15) is 0 Å². The van der Waals surface area contributed by atoms with E-state index in [1.165, 1.54) is 37.7 Å². The molecule has 2 heteroatoms. The van der Waals surface area contributed by atoms with Crippen LogP contribution in [0.2, 0.25) is 0 Å². The normalized spacial score (nSPS) is 31.9. The van der Waals surface area contributed by atoms with E-state index in [0.29, 0.717) is 5.41 Å². The first-order valence-corrected chi connectivity index (χ1v) is 8.08. The molecule has 2 aliphatic rings. The van der Waals surface area contributed by atoms with Crippen LogP contribution in [0.3, 0.4) is 0 Å². The minimum Gasteiger partial charge on any atom is -0.389 e. The Morgan fingerprint density at radius 3 is 2.65 bits per heavy atom. The summed E-state index contributed by atoms with van der Waals surface area (Å²) in [6, 6.07) is 10.3. The predicted octanol–water partition coefficient (Wildman–Crippen LogP) is 4.07. The highest BCUT2D eigenvalue weighted by Gasteiger charge is 2.66. The van der Waals surface area contributed by atoms with Crippen LogP contribution in [0.1, 0.15) is 56.9 Å². The molecule has 110 valence electrons. The number of unbranched alkanes of at least 4 members (excludes halogenated alkanes) is 1. The third-order valence-electron chi connectivity index (χ3n) is 5.29. The van der Waals surface area contributed by atoms with Gasteiger partial charge in [0.25, 0.3) is 0 Å². The zero-order valence-electron chi connectivity index (χ0n) is 12.3. The third-order valence-corrected chi connectivity index (χ3v) is 5.29. The van der Waals surface area contributed by atoms with Crippen molar-refractivity contribution in [2.24, 2.45) is 5.41 Å². The fraction of sp³-hybridized carbons (Fsp3) is 0.667. The van der Waals surface area contributed by atoms with Crippen LogP contribution in [0.5, 0.6) is 0 Å². The number of rotatable bonds is 7. The van der Waals surface area contributed by atoms with Gasteiger partial charge in [0.05, 0.1) is 12.2 Å². The van der Waals surface area contributed by atoms with E-state index < -0.39 is 0 Å². The van der Waals surface area contributed by atoms with Gasteiger partial charge in [-0.05, 0) is 37.7 Å². The van der Waals surface area contributed by atoms with Crippen molar-refractivity contribution in [3.63, 3.8) is 0 Å². The molecule has 2 saturated carbocycles. The van der Waals surface area contributed by atoms with Crippen molar-refractivity contribution < 1.29 is 9.84 Å². The standard InChI is InChI=1S/C18H26O2/c19-18-12-5-4-10-17(18,15-18)11-6-7-13-20-14-16-8-2-1-3-9-16/h1-3,8-9,19H,4-7,10-15H2/t17-,18+/m1/s1. The van der Waals surface area contributed by atoms with Crippen LogP contribution < -0.4 is 0 Å². The van der Waals surface area contributed by atoms with E-state index >= 15 is 0 Å². The van der Waals surface area contributed by atoms with Crippen molar-refractivity contribution in [2.45, 2.75) is 63.6 Å². The minimum absolute atomic E-state index is 0.282. The van der Waals surface area contributed by atoms with Gasteiger partial charge in [0.2, 0.25) is 0 Å². The van der Waals surface area contributed by atoms with Gasteiger partial charge in [-0.15, -0.1) is 0 Å². The summed E-state index contributed by atoms with van der Waals surface area (Å²) in [5.74, 6) is 0. The maximum Gasteiger partial charge on any atom is 0.0716 e. The second kappa shape index (κ2) is 5.87. The molecule has 1 aromatic rings. The molecule has 0 aromatic heterocycles. The van der Waals surface area contributed by atoms with Gasteiger partial charge in [-0.3, -0.25) is 0 Å². The fourth-order valence-corrected chi connectivity index (χ4v) is 3.95. The number of ether oxygens (including phenoxy) is 1. The Morgan fingerprint density at radius 2 is 1.85 bits per heavy atom. The number of fused-ring (bicyclic) bond motifs is 1. The van der Waals surface area contributed by atoms with Gasteiger partial charge in [-0.1, -0.05) is 49.6 Å². The highest BCUT2D eigenvalue weighted by atomic mass is 16.5. The highest BCUT2D eigenvalue weighted by Crippen LogP contribution is 2.66. The summed E-state index contributed by atoms with van der Waals surface area (Å²) in [4.78, 5) is 0. The summed E-state index contributed by atoms with van der Waals surface area (Å²) in [7, 11) is 0. The smallest absolute Gasteiger partial charge is 0.0716 e. The van der Waals surface area contributed by atoms with Crippen molar-refractivity contribution in [3.8, 4) is 0 Å². The molecule has 0 spiro atoms. The molecule has 3 rings (SSSR count). The predicted molar refractivity (Wildman–Crippen MR) is 80.4 cm³/mol. The lowest BCUT2D eigenvalue weighted by Crippen LogP contribution is -2.24. The molecular formula is C18H26O2. The Kier molecular flexibility index (Phi) is 4.13. The summed E-state index contributed by atoms with van der Waals surface area (Å²) < 4.78 is 5.72. The SMILES string of the molecule is O[C@]12CCCC[C@@]1(CCCCOCc1ccccc1)C2. The minimum atomic E-state index is -0.282. The monoisotopic (exact) mass is 274 g/mol. The average molecular weight is 274 g/mol. The molecule has 2 nitrogen and oxygen atoms in total. The van der Waals surface area contributed by atoms with Crippen LogP contribution in [-0.2, 0) is 11.3 Å². The van der Waals surface area contributed by atoms with Gasteiger partial charge in [0.15, 0.2) is 0 Å². The molecule has 0 amide bonds. The van der Waals surface area contributed by atoms with E-state index in [2.05, 4.69) is 24.3 Å². The molecule has 2 atom stereocenters. The number of benzene rings is 1. The van der Waals surface area contributed by atoms with Gasteiger partial charge < -0.3 is 9.84 Å². The van der Waals surface area contributed by atoms with Crippen LogP contribution >= 0.6 is 0 Å². The maximum absolute atomic E-state index is 10.4. The van der Waals surface area contributed by atoms with Gasteiger partial charge >= 0.3 is 0 Å². The van der Waals surface area contributed by atoms with E-state index in [1.807, 2.05) is 6.07 Å². The molecule has 0 bridgehead atoms. The van der Waals surface area contributed by atoms with Crippen molar-refractivity contribution in [3.05, 3.63) is 35.9 Å². The van der Waals surface area contributed by atoms with Gasteiger partial charge in [-0.25, -0.2) is 0 Å². The van der Waals surface area contributed by atoms with Crippen molar-refractivity contribution in [1.82, 2.24) is 0 Å². The van der Waals surface area contributed by atoms with Crippen molar-refractivity contribution >= 4 is 0 Å². The Balaban J connectivity index is 1.30. The number of hydrogen-bond acceptors (Lipinski definition) is 2. The van der Waals surface area contributed by atoms with E-state index in [9.17, 15) is 5.11 Å². The molecule has 0 radical (unpaired) electrons. The lowest BCUT2D eigenvalue weighted by Gasteiger charge is -2.26. The van der Waals surface area contributed by atoms with Crippen LogP contribution in [0.15, 0.2) is 30.3 Å². The molecule has 20 heavy (non-hydrogen) atoms. The second-order valence-corrected chi connectivity index (χ2v) is 6.69. The van der Waals surface area contributed by atoms with Crippen LogP contribution in [-0.4, -0.2) is 17.3 Å². The van der Waals surface area contributed by atoms with Gasteiger partial charge in [0.1, 0.15) is 0 Å².